The maximum absolute atomic E-state index is 11.0. The number of carboxylic acids is 1. The Labute approximate surface area is 105 Å². The van der Waals surface area contributed by atoms with Gasteiger partial charge in [0.2, 0.25) is 0 Å². The van der Waals surface area contributed by atoms with E-state index in [9.17, 15) is 4.79 Å². The van der Waals surface area contributed by atoms with Gasteiger partial charge >= 0.3 is 5.97 Å². The predicted molar refractivity (Wildman–Crippen MR) is 66.4 cm³/mol. The highest BCUT2D eigenvalue weighted by molar-refractivity contribution is 5.85. The topological polar surface area (TPSA) is 66.0 Å². The number of rotatable bonds is 3. The van der Waals surface area contributed by atoms with Crippen LogP contribution in [0.4, 0.5) is 0 Å². The fraction of sp³-hybridized carbons (Fsp3) is 0.143. The van der Waals surface area contributed by atoms with Crippen molar-refractivity contribution in [3.63, 3.8) is 0 Å². The van der Waals surface area contributed by atoms with Crippen LogP contribution in [0.25, 0.3) is 0 Å². The number of nitriles is 1. The van der Waals surface area contributed by atoms with E-state index in [0.29, 0.717) is 12.1 Å². The van der Waals surface area contributed by atoms with Crippen LogP contribution < -0.4 is 0 Å². The second kappa shape index (κ2) is 4.76. The lowest BCUT2D eigenvalue weighted by Crippen LogP contribution is -2.09. The fourth-order valence-electron chi connectivity index (χ4n) is 1.87. The molecule has 0 radical (unpaired) electrons. The monoisotopic (exact) mass is 240 g/mol. The summed E-state index contributed by atoms with van der Waals surface area (Å²) in [5.74, 6) is -0.939. The van der Waals surface area contributed by atoms with Crippen LogP contribution in [-0.4, -0.2) is 15.6 Å². The standard InChI is InChI=1S/C14H12N2O2/c1-10-7-11(8-15)4-5-12(10)9-16-6-2-3-13(16)14(17)18/h2-7H,9H2,1H3,(H,17,18). The molecule has 0 spiro atoms. The predicted octanol–water partition coefficient (Wildman–Crippen LogP) is 2.41. The average Bonchev–Trinajstić information content (AvgIpc) is 2.80. The van der Waals surface area contributed by atoms with Gasteiger partial charge in [-0.15, -0.1) is 0 Å². The lowest BCUT2D eigenvalue weighted by atomic mass is 10.1. The molecule has 4 heteroatoms. The molecule has 0 atom stereocenters. The van der Waals surface area contributed by atoms with Crippen LogP contribution in [0.5, 0.6) is 0 Å². The van der Waals surface area contributed by atoms with Crippen LogP contribution in [-0.2, 0) is 6.54 Å². The average molecular weight is 240 g/mol. The highest BCUT2D eigenvalue weighted by Crippen LogP contribution is 2.14. The number of aromatic nitrogens is 1. The summed E-state index contributed by atoms with van der Waals surface area (Å²) < 4.78 is 1.68. The summed E-state index contributed by atoms with van der Waals surface area (Å²) in [6.45, 7) is 2.41. The van der Waals surface area contributed by atoms with Crippen LogP contribution in [0.2, 0.25) is 0 Å². The number of carboxylic acid groups (broad SMARTS) is 1. The van der Waals surface area contributed by atoms with E-state index in [2.05, 4.69) is 6.07 Å². The SMILES string of the molecule is Cc1cc(C#N)ccc1Cn1cccc1C(=O)O. The Kier molecular flexibility index (Phi) is 3.16. The summed E-state index contributed by atoms with van der Waals surface area (Å²) >= 11 is 0. The Morgan fingerprint density at radius 1 is 1.44 bits per heavy atom. The van der Waals surface area contributed by atoms with Gasteiger partial charge in [0.15, 0.2) is 0 Å². The molecule has 0 unspecified atom stereocenters. The molecule has 18 heavy (non-hydrogen) atoms. The summed E-state index contributed by atoms with van der Waals surface area (Å²) in [6.07, 6.45) is 1.74. The van der Waals surface area contributed by atoms with Gasteiger partial charge in [-0.1, -0.05) is 6.07 Å². The summed E-state index contributed by atoms with van der Waals surface area (Å²) in [7, 11) is 0. The molecule has 0 aliphatic heterocycles. The molecule has 1 N–H and O–H groups in total. The van der Waals surface area contributed by atoms with Crippen molar-refractivity contribution in [1.29, 1.82) is 5.26 Å². The number of nitrogens with zero attached hydrogens (tertiary/aromatic N) is 2. The highest BCUT2D eigenvalue weighted by atomic mass is 16.4. The molecule has 2 aromatic rings. The Morgan fingerprint density at radius 3 is 2.83 bits per heavy atom. The van der Waals surface area contributed by atoms with E-state index < -0.39 is 5.97 Å². The zero-order valence-corrected chi connectivity index (χ0v) is 9.92. The molecule has 0 aliphatic rings. The van der Waals surface area contributed by atoms with Crippen LogP contribution in [0.1, 0.15) is 27.2 Å². The number of hydrogen-bond acceptors (Lipinski definition) is 2. The van der Waals surface area contributed by atoms with E-state index in [1.165, 1.54) is 0 Å². The number of aryl methyl sites for hydroxylation is 1. The first-order valence-corrected chi connectivity index (χ1v) is 5.50. The third kappa shape index (κ3) is 2.25. The maximum atomic E-state index is 11.0. The smallest absolute Gasteiger partial charge is 0.352 e. The Morgan fingerprint density at radius 2 is 2.22 bits per heavy atom. The minimum absolute atomic E-state index is 0.263. The minimum atomic E-state index is -0.939. The Bertz CT molecular complexity index is 635. The second-order valence-electron chi connectivity index (χ2n) is 4.08. The lowest BCUT2D eigenvalue weighted by Gasteiger charge is -2.09. The molecule has 0 aliphatic carbocycles. The highest BCUT2D eigenvalue weighted by Gasteiger charge is 2.09. The fourth-order valence-corrected chi connectivity index (χ4v) is 1.87. The molecule has 1 aromatic heterocycles. The molecule has 0 bridgehead atoms. The van der Waals surface area contributed by atoms with Crippen molar-refractivity contribution in [1.82, 2.24) is 4.57 Å². The molecule has 90 valence electrons. The summed E-state index contributed by atoms with van der Waals surface area (Å²) in [5, 5.41) is 17.8. The van der Waals surface area contributed by atoms with Gasteiger partial charge in [0, 0.05) is 12.7 Å². The molecule has 1 heterocycles. The number of hydrogen-bond donors (Lipinski definition) is 1. The maximum Gasteiger partial charge on any atom is 0.352 e. The number of aromatic carboxylic acids is 1. The van der Waals surface area contributed by atoms with Gasteiger partial charge in [-0.05, 0) is 42.3 Å². The zero-order chi connectivity index (χ0) is 13.1. The Balaban J connectivity index is 2.32. The van der Waals surface area contributed by atoms with Gasteiger partial charge in [-0.2, -0.15) is 5.26 Å². The number of benzene rings is 1. The van der Waals surface area contributed by atoms with E-state index in [-0.39, 0.29) is 5.69 Å². The zero-order valence-electron chi connectivity index (χ0n) is 9.92. The van der Waals surface area contributed by atoms with Crippen LogP contribution in [0, 0.1) is 18.3 Å². The van der Waals surface area contributed by atoms with E-state index in [1.807, 2.05) is 13.0 Å². The molecule has 0 saturated carbocycles. The van der Waals surface area contributed by atoms with Crippen molar-refractivity contribution in [2.24, 2.45) is 0 Å². The van der Waals surface area contributed by atoms with E-state index in [0.717, 1.165) is 11.1 Å². The van der Waals surface area contributed by atoms with Gasteiger partial charge in [-0.25, -0.2) is 4.79 Å². The third-order valence-corrected chi connectivity index (χ3v) is 2.86. The first-order valence-electron chi connectivity index (χ1n) is 5.50. The van der Waals surface area contributed by atoms with Gasteiger partial charge in [0.05, 0.1) is 11.6 Å². The summed E-state index contributed by atoms with van der Waals surface area (Å²) in [6, 6.07) is 10.8. The number of carbonyl (C=O) groups is 1. The molecular formula is C14H12N2O2. The van der Waals surface area contributed by atoms with Crippen LogP contribution >= 0.6 is 0 Å². The first-order chi connectivity index (χ1) is 8.61. The normalized spacial score (nSPS) is 10.0. The van der Waals surface area contributed by atoms with Crippen molar-refractivity contribution in [2.75, 3.05) is 0 Å². The largest absolute Gasteiger partial charge is 0.477 e. The molecule has 4 nitrogen and oxygen atoms in total. The molecule has 2 rings (SSSR count). The molecule has 0 fully saturated rings. The Hall–Kier alpha value is -2.54. The van der Waals surface area contributed by atoms with Gasteiger partial charge < -0.3 is 9.67 Å². The van der Waals surface area contributed by atoms with Crippen molar-refractivity contribution >= 4 is 5.97 Å². The van der Waals surface area contributed by atoms with Crippen molar-refractivity contribution in [3.05, 3.63) is 58.9 Å². The molecule has 0 amide bonds. The summed E-state index contributed by atoms with van der Waals surface area (Å²) in [4.78, 5) is 11.0. The molecule has 1 aromatic carbocycles. The summed E-state index contributed by atoms with van der Waals surface area (Å²) in [5.41, 5.74) is 2.87. The molecule has 0 saturated heterocycles. The molecular weight excluding hydrogens is 228 g/mol. The van der Waals surface area contributed by atoms with E-state index >= 15 is 0 Å². The van der Waals surface area contributed by atoms with E-state index in [1.54, 1.807) is 35.0 Å². The quantitative estimate of drug-likeness (QED) is 0.895. The van der Waals surface area contributed by atoms with Crippen molar-refractivity contribution in [3.8, 4) is 6.07 Å². The van der Waals surface area contributed by atoms with Crippen molar-refractivity contribution in [2.45, 2.75) is 13.5 Å². The van der Waals surface area contributed by atoms with Crippen LogP contribution in [0.3, 0.4) is 0 Å². The van der Waals surface area contributed by atoms with E-state index in [4.69, 9.17) is 10.4 Å². The van der Waals surface area contributed by atoms with Gasteiger partial charge in [0.25, 0.3) is 0 Å². The lowest BCUT2D eigenvalue weighted by molar-refractivity contribution is 0.0685. The first kappa shape index (κ1) is 11.9. The minimum Gasteiger partial charge on any atom is -0.477 e. The second-order valence-corrected chi connectivity index (χ2v) is 4.08. The van der Waals surface area contributed by atoms with Gasteiger partial charge in [-0.3, -0.25) is 0 Å². The van der Waals surface area contributed by atoms with Gasteiger partial charge in [0.1, 0.15) is 5.69 Å². The third-order valence-electron chi connectivity index (χ3n) is 2.86. The van der Waals surface area contributed by atoms with Crippen LogP contribution in [0.15, 0.2) is 36.5 Å². The van der Waals surface area contributed by atoms with Crippen molar-refractivity contribution < 1.29 is 9.90 Å².